The molecule has 0 aliphatic carbocycles. The number of carbonyl (C=O) groups excluding carboxylic acids is 3. The van der Waals surface area contributed by atoms with E-state index in [4.69, 9.17) is 14.5 Å². The number of hydrogen-bond donors (Lipinski definition) is 0. The number of aliphatic imine (C=N–C) groups is 1. The molecule has 1 atom stereocenters. The lowest BCUT2D eigenvalue weighted by atomic mass is 9.90. The Morgan fingerprint density at radius 1 is 1.13 bits per heavy atom. The number of esters is 2. The molecule has 4 rings (SSSR count). The van der Waals surface area contributed by atoms with Crippen LogP contribution in [0, 0.1) is 19.8 Å². The van der Waals surface area contributed by atoms with Gasteiger partial charge in [0, 0.05) is 18.8 Å². The second-order valence-electron chi connectivity index (χ2n) is 10.3. The van der Waals surface area contributed by atoms with E-state index < -0.39 is 12.0 Å². The van der Waals surface area contributed by atoms with Gasteiger partial charge in [0.2, 0.25) is 5.91 Å². The molecule has 0 N–H and O–H groups in total. The Labute approximate surface area is 229 Å². The molecule has 0 radical (unpaired) electrons. The summed E-state index contributed by atoms with van der Waals surface area (Å²) in [6.45, 7) is 12.8. The lowest BCUT2D eigenvalue weighted by Crippen LogP contribution is -2.42. The average molecular weight is 540 g/mol. The van der Waals surface area contributed by atoms with Crippen molar-refractivity contribution in [2.45, 2.75) is 73.0 Å². The molecule has 9 heteroatoms. The van der Waals surface area contributed by atoms with Crippen LogP contribution in [0.3, 0.4) is 0 Å². The number of rotatable bonds is 7. The van der Waals surface area contributed by atoms with E-state index in [0.717, 1.165) is 27.6 Å². The highest BCUT2D eigenvalue weighted by molar-refractivity contribution is 8.16. The summed E-state index contributed by atoms with van der Waals surface area (Å²) < 4.78 is 10.8. The predicted octanol–water partition coefficient (Wildman–Crippen LogP) is 5.02. The lowest BCUT2D eigenvalue weighted by Gasteiger charge is -2.38. The first kappa shape index (κ1) is 28.0. The summed E-state index contributed by atoms with van der Waals surface area (Å²) in [5.74, 6) is -0.729. The number of likely N-dealkylation sites (tertiary alicyclic amines) is 1. The summed E-state index contributed by atoms with van der Waals surface area (Å²) in [5.41, 5.74) is 5.05. The second kappa shape index (κ2) is 11.8. The molecule has 0 unspecified atom stereocenters. The van der Waals surface area contributed by atoms with E-state index in [0.29, 0.717) is 43.8 Å². The molecule has 1 aromatic rings. The van der Waals surface area contributed by atoms with Gasteiger partial charge in [-0.05, 0) is 70.9 Å². The lowest BCUT2D eigenvalue weighted by molar-refractivity contribution is -0.151. The van der Waals surface area contributed by atoms with Crippen molar-refractivity contribution in [3.8, 4) is 0 Å². The molecule has 1 saturated heterocycles. The number of allylic oxidation sites excluding steroid dienone is 1. The normalized spacial score (nSPS) is 19.8. The number of aryl methyl sites for hydroxylation is 2. The summed E-state index contributed by atoms with van der Waals surface area (Å²) in [6.07, 6.45) is 1.12. The van der Waals surface area contributed by atoms with Crippen LogP contribution in [0.4, 0.5) is 0 Å². The average Bonchev–Trinajstić information content (AvgIpc) is 3.26. The third-order valence-electron chi connectivity index (χ3n) is 7.09. The van der Waals surface area contributed by atoms with Crippen LogP contribution in [-0.2, 0) is 23.9 Å². The minimum Gasteiger partial charge on any atom is -0.466 e. The summed E-state index contributed by atoms with van der Waals surface area (Å²) in [7, 11) is 0. The smallest absolute Gasteiger partial charge is 0.338 e. The van der Waals surface area contributed by atoms with Gasteiger partial charge in [0.1, 0.15) is 0 Å². The highest BCUT2D eigenvalue weighted by atomic mass is 32.2. The molecule has 0 aromatic heterocycles. The molecule has 8 nitrogen and oxygen atoms in total. The van der Waals surface area contributed by atoms with Gasteiger partial charge in [0.15, 0.2) is 5.17 Å². The SMILES string of the molecule is CCOC(=O)C1CCN(C(=O)CC2=CSC3=NC(C)=C(C(=O)OC(C)C)[C@@H](c4cc(C)ccc4C)N23)CC1. The van der Waals surface area contributed by atoms with Crippen LogP contribution in [0.5, 0.6) is 0 Å². The number of amidine groups is 1. The summed E-state index contributed by atoms with van der Waals surface area (Å²) in [4.78, 5) is 47.5. The Hall–Kier alpha value is -3.07. The third kappa shape index (κ3) is 5.82. The van der Waals surface area contributed by atoms with Gasteiger partial charge in [0.05, 0.1) is 42.4 Å². The van der Waals surface area contributed by atoms with Gasteiger partial charge in [0.25, 0.3) is 0 Å². The van der Waals surface area contributed by atoms with E-state index >= 15 is 0 Å². The number of piperidine rings is 1. The number of hydrogen-bond acceptors (Lipinski definition) is 8. The molecule has 0 spiro atoms. The van der Waals surface area contributed by atoms with E-state index in [2.05, 4.69) is 18.2 Å². The van der Waals surface area contributed by atoms with E-state index in [9.17, 15) is 14.4 Å². The van der Waals surface area contributed by atoms with Crippen molar-refractivity contribution in [1.82, 2.24) is 9.80 Å². The van der Waals surface area contributed by atoms with Gasteiger partial charge < -0.3 is 19.3 Å². The van der Waals surface area contributed by atoms with Crippen LogP contribution in [0.1, 0.15) is 69.7 Å². The van der Waals surface area contributed by atoms with Crippen molar-refractivity contribution in [2.75, 3.05) is 19.7 Å². The van der Waals surface area contributed by atoms with Crippen LogP contribution in [0.2, 0.25) is 0 Å². The monoisotopic (exact) mass is 539 g/mol. The number of fused-ring (bicyclic) bond motifs is 1. The van der Waals surface area contributed by atoms with Crippen molar-refractivity contribution in [3.63, 3.8) is 0 Å². The van der Waals surface area contributed by atoms with Gasteiger partial charge >= 0.3 is 11.9 Å². The predicted molar refractivity (Wildman–Crippen MR) is 148 cm³/mol. The highest BCUT2D eigenvalue weighted by Crippen LogP contribution is 2.46. The van der Waals surface area contributed by atoms with Crippen molar-refractivity contribution in [3.05, 3.63) is 57.3 Å². The van der Waals surface area contributed by atoms with Crippen LogP contribution >= 0.6 is 11.8 Å². The van der Waals surface area contributed by atoms with E-state index in [1.165, 1.54) is 11.8 Å². The molecule has 0 saturated carbocycles. The molecule has 1 amide bonds. The number of thioether (sulfide) groups is 1. The first-order valence-electron chi connectivity index (χ1n) is 13.3. The van der Waals surface area contributed by atoms with E-state index in [1.807, 2.05) is 49.8 Å². The molecular formula is C29H37N3O5S. The first-order valence-corrected chi connectivity index (χ1v) is 14.2. The molecule has 0 bridgehead atoms. The maximum absolute atomic E-state index is 13.4. The standard InChI is InChI=1S/C29H37N3O5S/c1-7-36-27(34)21-10-12-31(13-11-21)24(33)15-22-16-38-29-30-20(6)25(28(35)37-17(2)3)26(32(22)29)23-14-18(4)8-9-19(23)5/h8-9,14,16-17,21,26H,7,10-13,15H2,1-6H3/t26-/m1/s1. The third-order valence-corrected chi connectivity index (χ3v) is 7.98. The summed E-state index contributed by atoms with van der Waals surface area (Å²) >= 11 is 1.47. The van der Waals surface area contributed by atoms with Gasteiger partial charge in [-0.1, -0.05) is 35.5 Å². The molecule has 3 heterocycles. The topological polar surface area (TPSA) is 88.5 Å². The Kier molecular flexibility index (Phi) is 8.65. The maximum Gasteiger partial charge on any atom is 0.338 e. The van der Waals surface area contributed by atoms with Crippen molar-refractivity contribution in [1.29, 1.82) is 0 Å². The van der Waals surface area contributed by atoms with Gasteiger partial charge in [-0.2, -0.15) is 0 Å². The molecule has 204 valence electrons. The molecule has 3 aliphatic heterocycles. The minimum absolute atomic E-state index is 0.00213. The zero-order valence-electron chi connectivity index (χ0n) is 23.1. The summed E-state index contributed by atoms with van der Waals surface area (Å²) in [5, 5.41) is 2.71. The van der Waals surface area contributed by atoms with E-state index in [1.54, 1.807) is 6.92 Å². The molecule has 38 heavy (non-hydrogen) atoms. The molecular weight excluding hydrogens is 502 g/mol. The first-order chi connectivity index (χ1) is 18.1. The zero-order chi connectivity index (χ0) is 27.6. The summed E-state index contributed by atoms with van der Waals surface area (Å²) in [6, 6.07) is 5.76. The quantitative estimate of drug-likeness (QED) is 0.450. The fourth-order valence-corrected chi connectivity index (χ4v) is 6.11. The number of nitrogens with zero attached hydrogens (tertiary/aromatic N) is 3. The Bertz CT molecular complexity index is 1210. The minimum atomic E-state index is -0.447. The van der Waals surface area contributed by atoms with Gasteiger partial charge in [-0.3, -0.25) is 9.59 Å². The maximum atomic E-state index is 13.4. The van der Waals surface area contributed by atoms with Crippen molar-refractivity contribution < 1.29 is 23.9 Å². The molecule has 3 aliphatic rings. The fourth-order valence-electron chi connectivity index (χ4n) is 5.15. The Balaban J connectivity index is 1.60. The largest absolute Gasteiger partial charge is 0.466 e. The number of benzene rings is 1. The van der Waals surface area contributed by atoms with Gasteiger partial charge in [-0.25, -0.2) is 9.79 Å². The molecule has 1 aromatic carbocycles. The van der Waals surface area contributed by atoms with Crippen LogP contribution < -0.4 is 0 Å². The van der Waals surface area contributed by atoms with Crippen LogP contribution in [-0.4, -0.2) is 58.6 Å². The fraction of sp³-hybridized carbons (Fsp3) is 0.517. The van der Waals surface area contributed by atoms with Gasteiger partial charge in [-0.15, -0.1) is 0 Å². The van der Waals surface area contributed by atoms with Crippen LogP contribution in [0.25, 0.3) is 0 Å². The number of amides is 1. The Morgan fingerprint density at radius 2 is 1.84 bits per heavy atom. The Morgan fingerprint density at radius 3 is 2.50 bits per heavy atom. The number of ether oxygens (including phenoxy) is 2. The van der Waals surface area contributed by atoms with Crippen LogP contribution in [0.15, 0.2) is 45.6 Å². The second-order valence-corrected chi connectivity index (χ2v) is 11.1. The zero-order valence-corrected chi connectivity index (χ0v) is 23.9. The molecule has 1 fully saturated rings. The highest BCUT2D eigenvalue weighted by Gasteiger charge is 2.42. The number of carbonyl (C=O) groups is 3. The van der Waals surface area contributed by atoms with Crippen molar-refractivity contribution >= 4 is 34.8 Å². The van der Waals surface area contributed by atoms with E-state index in [-0.39, 0.29) is 30.3 Å². The van der Waals surface area contributed by atoms with Crippen molar-refractivity contribution in [2.24, 2.45) is 10.9 Å².